The van der Waals surface area contributed by atoms with E-state index in [1.165, 1.54) is 0 Å². The normalized spacial score (nSPS) is 20.5. The van der Waals surface area contributed by atoms with Crippen LogP contribution in [0.2, 0.25) is 0 Å². The zero-order valence-corrected chi connectivity index (χ0v) is 12.3. The smallest absolute Gasteiger partial charge is 0.218 e. The Labute approximate surface area is 119 Å². The molecular weight excluding hydrogens is 276 g/mol. The predicted octanol–water partition coefficient (Wildman–Crippen LogP) is 1.50. The van der Waals surface area contributed by atoms with Crippen molar-refractivity contribution in [2.75, 3.05) is 19.8 Å². The third-order valence-corrected chi connectivity index (χ3v) is 5.33. The van der Waals surface area contributed by atoms with Crippen LogP contribution >= 0.6 is 0 Å². The van der Waals surface area contributed by atoms with Crippen LogP contribution in [0.5, 0.6) is 0 Å². The Morgan fingerprint density at radius 1 is 1.40 bits per heavy atom. The average molecular weight is 294 g/mol. The molecule has 0 spiro atoms. The number of rotatable bonds is 4. The Hall–Kier alpha value is -1.42. The van der Waals surface area contributed by atoms with Crippen LogP contribution < -0.4 is 0 Å². The van der Waals surface area contributed by atoms with Gasteiger partial charge in [-0.15, -0.1) is 0 Å². The van der Waals surface area contributed by atoms with Gasteiger partial charge in [0.2, 0.25) is 10.0 Å². The summed E-state index contributed by atoms with van der Waals surface area (Å²) in [6, 6.07) is 8.61. The quantitative estimate of drug-likeness (QED) is 0.843. The van der Waals surface area contributed by atoms with Crippen molar-refractivity contribution in [1.29, 1.82) is 5.26 Å². The van der Waals surface area contributed by atoms with Gasteiger partial charge in [0.15, 0.2) is 0 Å². The van der Waals surface area contributed by atoms with E-state index in [0.29, 0.717) is 30.9 Å². The van der Waals surface area contributed by atoms with E-state index >= 15 is 0 Å². The first kappa shape index (κ1) is 15.0. The van der Waals surface area contributed by atoms with E-state index in [1.54, 1.807) is 28.6 Å². The van der Waals surface area contributed by atoms with Crippen molar-refractivity contribution in [3.63, 3.8) is 0 Å². The molecule has 1 aliphatic rings. The number of nitrogens with zero attached hydrogens (tertiary/aromatic N) is 2. The van der Waals surface area contributed by atoms with Crippen LogP contribution in [0.4, 0.5) is 0 Å². The fourth-order valence-corrected chi connectivity index (χ4v) is 4.09. The molecule has 1 fully saturated rings. The zero-order valence-electron chi connectivity index (χ0n) is 11.4. The molecule has 1 aromatic carbocycles. The monoisotopic (exact) mass is 294 g/mol. The van der Waals surface area contributed by atoms with E-state index in [0.717, 1.165) is 6.42 Å². The van der Waals surface area contributed by atoms with Crippen LogP contribution in [-0.2, 0) is 20.5 Å². The molecular formula is C14H18N2O3S. The van der Waals surface area contributed by atoms with E-state index in [-0.39, 0.29) is 11.8 Å². The van der Waals surface area contributed by atoms with Gasteiger partial charge in [-0.25, -0.2) is 8.42 Å². The fourth-order valence-electron chi connectivity index (χ4n) is 2.30. The first-order valence-electron chi connectivity index (χ1n) is 6.63. The van der Waals surface area contributed by atoms with Crippen molar-refractivity contribution in [2.45, 2.75) is 25.1 Å². The lowest BCUT2D eigenvalue weighted by molar-refractivity contribution is 0.0313. The van der Waals surface area contributed by atoms with Gasteiger partial charge >= 0.3 is 0 Å². The standard InChI is InChI=1S/C14H18N2O3S/c1-2-14-10-19-8-7-16(14)20(17,18)11-13-5-3-12(9-15)4-6-13/h3-6,14H,2,7-8,10-11H2,1H3. The summed E-state index contributed by atoms with van der Waals surface area (Å²) >= 11 is 0. The van der Waals surface area contributed by atoms with Crippen LogP contribution in [0.25, 0.3) is 0 Å². The molecule has 2 rings (SSSR count). The van der Waals surface area contributed by atoms with E-state index in [9.17, 15) is 8.42 Å². The van der Waals surface area contributed by atoms with Crippen LogP contribution in [0.1, 0.15) is 24.5 Å². The van der Waals surface area contributed by atoms with Crippen LogP contribution in [0, 0.1) is 11.3 Å². The second-order valence-electron chi connectivity index (χ2n) is 4.81. The molecule has 1 saturated heterocycles. The molecule has 108 valence electrons. The molecule has 5 nitrogen and oxygen atoms in total. The number of morpholine rings is 1. The molecule has 0 aliphatic carbocycles. The SMILES string of the molecule is CCC1COCCN1S(=O)(=O)Cc1ccc(C#N)cc1. The van der Waals surface area contributed by atoms with E-state index < -0.39 is 10.0 Å². The maximum atomic E-state index is 12.5. The highest BCUT2D eigenvalue weighted by Crippen LogP contribution is 2.19. The molecule has 0 N–H and O–H groups in total. The fraction of sp³-hybridized carbons (Fsp3) is 0.500. The number of hydrogen-bond acceptors (Lipinski definition) is 4. The summed E-state index contributed by atoms with van der Waals surface area (Å²) in [6.45, 7) is 3.28. The van der Waals surface area contributed by atoms with Crippen molar-refractivity contribution in [3.8, 4) is 6.07 Å². The number of hydrogen-bond donors (Lipinski definition) is 0. The Morgan fingerprint density at radius 2 is 2.10 bits per heavy atom. The third-order valence-electron chi connectivity index (χ3n) is 3.43. The Bertz CT molecular complexity index is 590. The average Bonchev–Trinajstić information content (AvgIpc) is 2.47. The van der Waals surface area contributed by atoms with E-state index in [2.05, 4.69) is 0 Å². The maximum Gasteiger partial charge on any atom is 0.218 e. The lowest BCUT2D eigenvalue weighted by atomic mass is 10.2. The summed E-state index contributed by atoms with van der Waals surface area (Å²) in [5.74, 6) is -0.0325. The summed E-state index contributed by atoms with van der Waals surface area (Å²) in [5, 5.41) is 8.74. The first-order chi connectivity index (χ1) is 9.56. The molecule has 20 heavy (non-hydrogen) atoms. The van der Waals surface area contributed by atoms with Crippen molar-refractivity contribution < 1.29 is 13.2 Å². The summed E-state index contributed by atoms with van der Waals surface area (Å²) in [7, 11) is -3.35. The first-order valence-corrected chi connectivity index (χ1v) is 8.24. The van der Waals surface area contributed by atoms with Crippen molar-refractivity contribution in [3.05, 3.63) is 35.4 Å². The third kappa shape index (κ3) is 3.37. The minimum Gasteiger partial charge on any atom is -0.378 e. The predicted molar refractivity (Wildman–Crippen MR) is 75.4 cm³/mol. The number of benzene rings is 1. The topological polar surface area (TPSA) is 70.4 Å². The molecule has 1 heterocycles. The molecule has 1 aliphatic heterocycles. The lowest BCUT2D eigenvalue weighted by Gasteiger charge is -2.34. The molecule has 0 bridgehead atoms. The Balaban J connectivity index is 2.15. The second kappa shape index (κ2) is 6.35. The summed E-state index contributed by atoms with van der Waals surface area (Å²) in [6.07, 6.45) is 0.743. The molecule has 0 amide bonds. The highest BCUT2D eigenvalue weighted by Gasteiger charge is 2.31. The zero-order chi connectivity index (χ0) is 14.6. The van der Waals surface area contributed by atoms with Crippen molar-refractivity contribution in [2.24, 2.45) is 0 Å². The molecule has 6 heteroatoms. The number of nitriles is 1. The molecule has 0 saturated carbocycles. The molecule has 1 unspecified atom stereocenters. The highest BCUT2D eigenvalue weighted by atomic mass is 32.2. The highest BCUT2D eigenvalue weighted by molar-refractivity contribution is 7.88. The van der Waals surface area contributed by atoms with Gasteiger partial charge in [-0.3, -0.25) is 0 Å². The van der Waals surface area contributed by atoms with Gasteiger partial charge in [-0.05, 0) is 24.1 Å². The van der Waals surface area contributed by atoms with Crippen LogP contribution in [0.15, 0.2) is 24.3 Å². The number of ether oxygens (including phenoxy) is 1. The van der Waals surface area contributed by atoms with Gasteiger partial charge in [0.05, 0.1) is 30.6 Å². The van der Waals surface area contributed by atoms with Crippen molar-refractivity contribution >= 4 is 10.0 Å². The van der Waals surface area contributed by atoms with Crippen LogP contribution in [-0.4, -0.2) is 38.5 Å². The van der Waals surface area contributed by atoms with Gasteiger partial charge in [-0.1, -0.05) is 19.1 Å². The molecule has 1 atom stereocenters. The van der Waals surface area contributed by atoms with Gasteiger partial charge in [0.1, 0.15) is 0 Å². The van der Waals surface area contributed by atoms with Crippen molar-refractivity contribution in [1.82, 2.24) is 4.31 Å². The summed E-state index contributed by atoms with van der Waals surface area (Å²) < 4.78 is 31.9. The van der Waals surface area contributed by atoms with Crippen LogP contribution in [0.3, 0.4) is 0 Å². The molecule has 0 aromatic heterocycles. The van der Waals surface area contributed by atoms with Gasteiger partial charge < -0.3 is 4.74 Å². The molecule has 1 aromatic rings. The second-order valence-corrected chi connectivity index (χ2v) is 6.73. The summed E-state index contributed by atoms with van der Waals surface area (Å²) in [5.41, 5.74) is 1.23. The van der Waals surface area contributed by atoms with Gasteiger partial charge in [0, 0.05) is 12.6 Å². The Kier molecular flexibility index (Phi) is 4.76. The minimum absolute atomic E-state index is 0.0325. The summed E-state index contributed by atoms with van der Waals surface area (Å²) in [4.78, 5) is 0. The number of sulfonamides is 1. The Morgan fingerprint density at radius 3 is 2.70 bits per heavy atom. The maximum absolute atomic E-state index is 12.5. The lowest BCUT2D eigenvalue weighted by Crippen LogP contribution is -2.48. The van der Waals surface area contributed by atoms with E-state index in [4.69, 9.17) is 10.00 Å². The molecule has 0 radical (unpaired) electrons. The van der Waals surface area contributed by atoms with Gasteiger partial charge in [0.25, 0.3) is 0 Å². The van der Waals surface area contributed by atoms with E-state index in [1.807, 2.05) is 13.0 Å². The largest absolute Gasteiger partial charge is 0.378 e. The minimum atomic E-state index is -3.35. The van der Waals surface area contributed by atoms with Gasteiger partial charge in [-0.2, -0.15) is 9.57 Å².